The molecule has 1 aliphatic rings. The summed E-state index contributed by atoms with van der Waals surface area (Å²) in [5.41, 5.74) is -0.667. The minimum Gasteiger partial charge on any atom is -0.372 e. The van der Waals surface area contributed by atoms with Crippen molar-refractivity contribution in [2.45, 2.75) is 18.2 Å². The maximum Gasteiger partial charge on any atom is 0.416 e. The van der Waals surface area contributed by atoms with Crippen molar-refractivity contribution in [3.05, 3.63) is 35.4 Å². The van der Waals surface area contributed by atoms with Gasteiger partial charge in [-0.1, -0.05) is 12.1 Å². The summed E-state index contributed by atoms with van der Waals surface area (Å²) in [6.07, 6.45) is -3.62. The van der Waals surface area contributed by atoms with Crippen molar-refractivity contribution in [1.82, 2.24) is 5.32 Å². The topological polar surface area (TPSA) is 21.3 Å². The van der Waals surface area contributed by atoms with E-state index in [1.165, 1.54) is 19.2 Å². The third kappa shape index (κ3) is 2.30. The van der Waals surface area contributed by atoms with Crippen LogP contribution in [-0.4, -0.2) is 20.2 Å². The molecule has 0 aliphatic carbocycles. The van der Waals surface area contributed by atoms with Crippen LogP contribution < -0.4 is 5.32 Å². The van der Waals surface area contributed by atoms with Crippen LogP contribution >= 0.6 is 0 Å². The Bertz CT molecular complexity index is 397. The number of rotatable bonds is 2. The molecule has 1 N–H and O–H groups in total. The molecule has 1 unspecified atom stereocenters. The van der Waals surface area contributed by atoms with Gasteiger partial charge in [0.25, 0.3) is 0 Å². The van der Waals surface area contributed by atoms with Gasteiger partial charge in [0.2, 0.25) is 0 Å². The van der Waals surface area contributed by atoms with Crippen LogP contribution in [0.25, 0.3) is 0 Å². The van der Waals surface area contributed by atoms with Gasteiger partial charge in [-0.2, -0.15) is 13.2 Å². The van der Waals surface area contributed by atoms with Gasteiger partial charge in [-0.25, -0.2) is 0 Å². The molecule has 2 nitrogen and oxygen atoms in total. The Kier molecular flexibility index (Phi) is 3.14. The number of benzene rings is 1. The lowest BCUT2D eigenvalue weighted by atomic mass is 9.91. The van der Waals surface area contributed by atoms with Crippen molar-refractivity contribution in [2.75, 3.05) is 20.2 Å². The summed E-state index contributed by atoms with van der Waals surface area (Å²) in [6, 6.07) is 5.37. The quantitative estimate of drug-likeness (QED) is 0.864. The molecular weight excluding hydrogens is 231 g/mol. The van der Waals surface area contributed by atoms with Crippen molar-refractivity contribution in [2.24, 2.45) is 0 Å². The third-order valence-electron chi connectivity index (χ3n) is 3.22. The predicted octanol–water partition coefficient (Wildman–Crippen LogP) is 2.54. The second kappa shape index (κ2) is 4.31. The van der Waals surface area contributed by atoms with E-state index in [1.54, 1.807) is 6.07 Å². The molecule has 0 saturated carbocycles. The van der Waals surface area contributed by atoms with Crippen LogP contribution in [0.1, 0.15) is 17.5 Å². The summed E-state index contributed by atoms with van der Waals surface area (Å²) in [5, 5.41) is 3.11. The molecule has 1 aromatic carbocycles. The summed E-state index contributed by atoms with van der Waals surface area (Å²) in [7, 11) is 1.53. The van der Waals surface area contributed by atoms with Crippen LogP contribution in [0.4, 0.5) is 13.2 Å². The van der Waals surface area contributed by atoms with Gasteiger partial charge in [-0.05, 0) is 30.7 Å². The zero-order valence-corrected chi connectivity index (χ0v) is 9.47. The minimum absolute atomic E-state index is 0.546. The molecular formula is C12H14F3NO. The van der Waals surface area contributed by atoms with Crippen molar-refractivity contribution < 1.29 is 17.9 Å². The molecule has 1 aliphatic heterocycles. The van der Waals surface area contributed by atoms with Gasteiger partial charge < -0.3 is 10.1 Å². The highest BCUT2D eigenvalue weighted by molar-refractivity contribution is 5.31. The molecule has 1 heterocycles. The Hall–Kier alpha value is -1.07. The van der Waals surface area contributed by atoms with Gasteiger partial charge >= 0.3 is 6.18 Å². The first kappa shape index (κ1) is 12.4. The van der Waals surface area contributed by atoms with Crippen molar-refractivity contribution in [3.63, 3.8) is 0 Å². The summed E-state index contributed by atoms with van der Waals surface area (Å²) in [6.45, 7) is 1.30. The van der Waals surface area contributed by atoms with Crippen molar-refractivity contribution in [1.29, 1.82) is 0 Å². The van der Waals surface area contributed by atoms with E-state index in [1.807, 2.05) is 0 Å². The normalized spacial score (nSPS) is 25.2. The number of halogens is 3. The third-order valence-corrected chi connectivity index (χ3v) is 3.22. The molecule has 94 valence electrons. The summed E-state index contributed by atoms with van der Waals surface area (Å²) in [5.74, 6) is 0. The summed E-state index contributed by atoms with van der Waals surface area (Å²) in [4.78, 5) is 0. The molecule has 2 rings (SSSR count). The average molecular weight is 245 g/mol. The van der Waals surface area contributed by atoms with Gasteiger partial charge in [-0.3, -0.25) is 0 Å². The number of methoxy groups -OCH3 is 1. The first-order valence-electron chi connectivity index (χ1n) is 5.41. The van der Waals surface area contributed by atoms with E-state index in [4.69, 9.17) is 4.74 Å². The Morgan fingerprint density at radius 1 is 1.35 bits per heavy atom. The van der Waals surface area contributed by atoms with Crippen molar-refractivity contribution >= 4 is 0 Å². The Morgan fingerprint density at radius 2 is 2.12 bits per heavy atom. The Balaban J connectivity index is 2.39. The van der Waals surface area contributed by atoms with Gasteiger partial charge in [0.15, 0.2) is 0 Å². The molecule has 1 fully saturated rings. The first-order chi connectivity index (χ1) is 7.98. The molecule has 0 bridgehead atoms. The predicted molar refractivity (Wildman–Crippen MR) is 57.6 cm³/mol. The Morgan fingerprint density at radius 3 is 2.65 bits per heavy atom. The van der Waals surface area contributed by atoms with Crippen LogP contribution in [-0.2, 0) is 16.5 Å². The molecule has 0 amide bonds. The standard InChI is InChI=1S/C12H14F3NO/c1-17-11(5-6-16-8-11)9-3-2-4-10(7-9)12(13,14)15/h2-4,7,16H,5-6,8H2,1H3. The molecule has 1 atom stereocenters. The smallest absolute Gasteiger partial charge is 0.372 e. The first-order valence-corrected chi connectivity index (χ1v) is 5.41. The fourth-order valence-corrected chi connectivity index (χ4v) is 2.19. The summed E-state index contributed by atoms with van der Waals surface area (Å²) >= 11 is 0. The van der Waals surface area contributed by atoms with E-state index < -0.39 is 17.3 Å². The highest BCUT2D eigenvalue weighted by Crippen LogP contribution is 2.35. The number of nitrogens with one attached hydrogen (secondary N) is 1. The fraction of sp³-hybridized carbons (Fsp3) is 0.500. The summed E-state index contributed by atoms with van der Waals surface area (Å²) < 4.78 is 43.3. The second-order valence-corrected chi connectivity index (χ2v) is 4.20. The van der Waals surface area contributed by atoms with Gasteiger partial charge in [-0.15, -0.1) is 0 Å². The lowest BCUT2D eigenvalue weighted by Gasteiger charge is -2.27. The lowest BCUT2D eigenvalue weighted by molar-refractivity contribution is -0.137. The molecule has 1 saturated heterocycles. The van der Waals surface area contributed by atoms with Gasteiger partial charge in [0, 0.05) is 13.7 Å². The highest BCUT2D eigenvalue weighted by atomic mass is 19.4. The maximum absolute atomic E-state index is 12.6. The number of hydrogen-bond acceptors (Lipinski definition) is 2. The zero-order chi connectivity index (χ0) is 12.5. The highest BCUT2D eigenvalue weighted by Gasteiger charge is 2.38. The molecule has 5 heteroatoms. The molecule has 0 radical (unpaired) electrons. The van der Waals surface area contributed by atoms with E-state index in [0.717, 1.165) is 12.6 Å². The molecule has 0 spiro atoms. The lowest BCUT2D eigenvalue weighted by Crippen LogP contribution is -2.31. The van der Waals surface area contributed by atoms with Crippen LogP contribution in [0.2, 0.25) is 0 Å². The van der Waals surface area contributed by atoms with E-state index >= 15 is 0 Å². The van der Waals surface area contributed by atoms with Gasteiger partial charge in [0.05, 0.1) is 5.56 Å². The van der Waals surface area contributed by atoms with Crippen LogP contribution in [0.3, 0.4) is 0 Å². The minimum atomic E-state index is -4.31. The second-order valence-electron chi connectivity index (χ2n) is 4.20. The SMILES string of the molecule is COC1(c2cccc(C(F)(F)F)c2)CCNC1. The average Bonchev–Trinajstić information content (AvgIpc) is 2.78. The monoisotopic (exact) mass is 245 g/mol. The largest absolute Gasteiger partial charge is 0.416 e. The Labute approximate surface area is 97.8 Å². The van der Waals surface area contributed by atoms with E-state index in [0.29, 0.717) is 18.5 Å². The maximum atomic E-state index is 12.6. The fourth-order valence-electron chi connectivity index (χ4n) is 2.19. The number of alkyl halides is 3. The van der Waals surface area contributed by atoms with Crippen molar-refractivity contribution in [3.8, 4) is 0 Å². The van der Waals surface area contributed by atoms with Crippen LogP contribution in [0.5, 0.6) is 0 Å². The van der Waals surface area contributed by atoms with E-state index in [9.17, 15) is 13.2 Å². The molecule has 0 aromatic heterocycles. The zero-order valence-electron chi connectivity index (χ0n) is 9.47. The van der Waals surface area contributed by atoms with E-state index in [-0.39, 0.29) is 0 Å². The molecule has 1 aromatic rings. The van der Waals surface area contributed by atoms with Crippen LogP contribution in [0.15, 0.2) is 24.3 Å². The number of ether oxygens (including phenoxy) is 1. The number of hydrogen-bond donors (Lipinski definition) is 1. The van der Waals surface area contributed by atoms with E-state index in [2.05, 4.69) is 5.32 Å². The molecule has 17 heavy (non-hydrogen) atoms. The van der Waals surface area contributed by atoms with Crippen LogP contribution in [0, 0.1) is 0 Å². The van der Waals surface area contributed by atoms with Gasteiger partial charge in [0.1, 0.15) is 5.60 Å².